The van der Waals surface area contributed by atoms with E-state index in [-0.39, 0.29) is 19.1 Å². The molecule has 0 atom stereocenters. The number of esters is 1. The van der Waals surface area contributed by atoms with Crippen LogP contribution < -0.4 is 14.5 Å². The zero-order valence-corrected chi connectivity index (χ0v) is 34.4. The van der Waals surface area contributed by atoms with Crippen molar-refractivity contribution in [2.24, 2.45) is 0 Å². The minimum Gasteiger partial charge on any atom is -0.494 e. The highest BCUT2D eigenvalue weighted by Gasteiger charge is 2.19. The number of carbonyl (C=O) groups is 2. The highest BCUT2D eigenvalue weighted by molar-refractivity contribution is 6.43. The lowest BCUT2D eigenvalue weighted by atomic mass is 10.1. The molecule has 2 aromatic carbocycles. The Morgan fingerprint density at radius 2 is 1.47 bits per heavy atom. The highest BCUT2D eigenvalue weighted by atomic mass is 35.5. The lowest BCUT2D eigenvalue weighted by Crippen LogP contribution is -2.46. The maximum Gasteiger partial charge on any atom is 0.307 e. The monoisotopic (exact) mass is 789 g/mol. The second-order valence-corrected chi connectivity index (χ2v) is 14.2. The van der Waals surface area contributed by atoms with E-state index in [1.165, 1.54) is 11.3 Å². The summed E-state index contributed by atoms with van der Waals surface area (Å²) in [6.45, 7) is 9.27. The second kappa shape index (κ2) is 28.4. The van der Waals surface area contributed by atoms with Crippen LogP contribution in [0.15, 0.2) is 103 Å². The van der Waals surface area contributed by atoms with Crippen LogP contribution in [0.25, 0.3) is 6.08 Å². The Kier molecular flexibility index (Phi) is 23.4. The summed E-state index contributed by atoms with van der Waals surface area (Å²) in [5.41, 5.74) is 2.46. The van der Waals surface area contributed by atoms with Crippen LogP contribution in [0.5, 0.6) is 5.75 Å². The van der Waals surface area contributed by atoms with Gasteiger partial charge in [-0.05, 0) is 101 Å². The number of piperazine rings is 1. The number of amides is 1. The summed E-state index contributed by atoms with van der Waals surface area (Å²) in [4.78, 5) is 30.8. The molecule has 1 saturated heterocycles. The average Bonchev–Trinajstić information content (AvgIpc) is 3.19. The molecule has 2 aromatic rings. The fraction of sp³-hybridized carbons (Fsp3) is 0.435. The average molecular weight is 791 g/mol. The number of hydrogen-bond acceptors (Lipinski definition) is 6. The molecule has 1 heterocycles. The van der Waals surface area contributed by atoms with Crippen molar-refractivity contribution < 1.29 is 19.1 Å². The smallest absolute Gasteiger partial charge is 0.307 e. The van der Waals surface area contributed by atoms with Crippen molar-refractivity contribution in [3.05, 3.63) is 119 Å². The van der Waals surface area contributed by atoms with E-state index in [4.69, 9.17) is 32.7 Å². The van der Waals surface area contributed by atoms with Crippen molar-refractivity contribution >= 4 is 53.0 Å². The third kappa shape index (κ3) is 18.4. The number of carbonyl (C=O) groups excluding carboxylic acids is 2. The molecule has 298 valence electrons. The standard InChI is InChI=1S/C46H61Cl2N3O4/c1-3-5-6-7-8-9-10-11-12-13-14-15-16-17-18-19-20-21-28-45(53)55-39-51(38-52)44-37-41(30-29-40(44)25-4-2)54-36-23-22-31-49-32-34-50(35-33-49)43-27-24-26-42(47)46(43)48/h4,6-7,9-10,12-13,15-16,18-19,24-27,29-30,37-38H,3,5,8,11,14,17,20-23,28,31-36,39H2,1-2H3/b7-6-,10-9-,13-12-,16-15-,19-18-,25-4-. The molecule has 1 aliphatic heterocycles. The molecule has 1 amide bonds. The zero-order valence-electron chi connectivity index (χ0n) is 32.9. The van der Waals surface area contributed by atoms with Crippen LogP contribution in [0, 0.1) is 0 Å². The molecule has 0 N–H and O–H groups in total. The van der Waals surface area contributed by atoms with Crippen molar-refractivity contribution in [2.75, 3.05) is 55.9 Å². The van der Waals surface area contributed by atoms with Gasteiger partial charge in [-0.3, -0.25) is 19.4 Å². The molecule has 0 aromatic heterocycles. The minimum absolute atomic E-state index is 0.158. The number of nitrogens with zero attached hydrogens (tertiary/aromatic N) is 3. The third-order valence-corrected chi connectivity index (χ3v) is 9.87. The summed E-state index contributed by atoms with van der Waals surface area (Å²) in [6, 6.07) is 11.4. The van der Waals surface area contributed by atoms with Gasteiger partial charge >= 0.3 is 5.97 Å². The topological polar surface area (TPSA) is 62.3 Å². The molecular weight excluding hydrogens is 729 g/mol. The van der Waals surface area contributed by atoms with Crippen LogP contribution in [0.3, 0.4) is 0 Å². The molecule has 7 nitrogen and oxygen atoms in total. The predicted molar refractivity (Wildman–Crippen MR) is 233 cm³/mol. The van der Waals surface area contributed by atoms with E-state index in [9.17, 15) is 9.59 Å². The van der Waals surface area contributed by atoms with Crippen LogP contribution in [-0.2, 0) is 14.3 Å². The van der Waals surface area contributed by atoms with Gasteiger partial charge < -0.3 is 14.4 Å². The van der Waals surface area contributed by atoms with E-state index in [1.54, 1.807) is 0 Å². The second-order valence-electron chi connectivity index (χ2n) is 13.4. The van der Waals surface area contributed by atoms with Gasteiger partial charge in [-0.25, -0.2) is 0 Å². The number of benzene rings is 2. The molecule has 0 bridgehead atoms. The molecule has 55 heavy (non-hydrogen) atoms. The Balaban J connectivity index is 1.30. The lowest BCUT2D eigenvalue weighted by molar-refractivity contribution is -0.143. The minimum atomic E-state index is -0.329. The summed E-state index contributed by atoms with van der Waals surface area (Å²) in [6.07, 6.45) is 36.2. The van der Waals surface area contributed by atoms with Crippen molar-refractivity contribution in [3.63, 3.8) is 0 Å². The maximum absolute atomic E-state index is 12.5. The Morgan fingerprint density at radius 1 is 0.818 bits per heavy atom. The van der Waals surface area contributed by atoms with Crippen LogP contribution >= 0.6 is 23.2 Å². The van der Waals surface area contributed by atoms with E-state index in [2.05, 4.69) is 77.5 Å². The first-order valence-corrected chi connectivity index (χ1v) is 20.7. The van der Waals surface area contributed by atoms with Gasteiger partial charge in [0, 0.05) is 38.7 Å². The van der Waals surface area contributed by atoms with Gasteiger partial charge in [0.15, 0.2) is 6.73 Å². The summed E-state index contributed by atoms with van der Waals surface area (Å²) in [7, 11) is 0. The van der Waals surface area contributed by atoms with Crippen molar-refractivity contribution in [2.45, 2.75) is 84.5 Å². The van der Waals surface area contributed by atoms with Crippen molar-refractivity contribution in [3.8, 4) is 5.75 Å². The van der Waals surface area contributed by atoms with E-state index in [0.29, 0.717) is 40.9 Å². The van der Waals surface area contributed by atoms with E-state index < -0.39 is 0 Å². The van der Waals surface area contributed by atoms with Crippen molar-refractivity contribution in [1.29, 1.82) is 0 Å². The Hall–Kier alpha value is -4.04. The Bertz CT molecular complexity index is 1590. The summed E-state index contributed by atoms with van der Waals surface area (Å²) in [5.74, 6) is 0.338. The SMILES string of the molecule is C/C=C\c1ccc(OCCCCN2CCN(c3cccc(Cl)c3Cl)CC2)cc1N(C=O)COC(=O)CCC/C=C\C/C=C\C/C=C\C/C=C\C/C=C\CCC. The van der Waals surface area contributed by atoms with Crippen LogP contribution in [0.2, 0.25) is 10.0 Å². The van der Waals surface area contributed by atoms with Gasteiger partial charge in [-0.1, -0.05) is 116 Å². The van der Waals surface area contributed by atoms with Crippen LogP contribution in [0.4, 0.5) is 11.4 Å². The molecule has 1 aliphatic rings. The lowest BCUT2D eigenvalue weighted by Gasteiger charge is -2.36. The maximum atomic E-state index is 12.5. The largest absolute Gasteiger partial charge is 0.494 e. The number of anilines is 2. The molecule has 1 fully saturated rings. The number of allylic oxidation sites excluding steroid dienone is 11. The molecule has 0 saturated carbocycles. The van der Waals surface area contributed by atoms with Crippen molar-refractivity contribution in [1.82, 2.24) is 4.90 Å². The fourth-order valence-corrected chi connectivity index (χ4v) is 6.40. The Morgan fingerprint density at radius 3 is 2.11 bits per heavy atom. The van der Waals surface area contributed by atoms with Gasteiger partial charge in [0.2, 0.25) is 6.41 Å². The molecule has 0 aliphatic carbocycles. The highest BCUT2D eigenvalue weighted by Crippen LogP contribution is 2.33. The van der Waals surface area contributed by atoms with Gasteiger partial charge in [0.25, 0.3) is 0 Å². The number of rotatable bonds is 26. The summed E-state index contributed by atoms with van der Waals surface area (Å²) >= 11 is 12.6. The van der Waals surface area contributed by atoms with E-state index in [0.717, 1.165) is 95.3 Å². The van der Waals surface area contributed by atoms with E-state index >= 15 is 0 Å². The molecule has 0 radical (unpaired) electrons. The third-order valence-electron chi connectivity index (χ3n) is 9.06. The summed E-state index contributed by atoms with van der Waals surface area (Å²) < 4.78 is 11.6. The molecule has 3 rings (SSSR count). The zero-order chi connectivity index (χ0) is 39.4. The molecule has 9 heteroatoms. The first-order chi connectivity index (χ1) is 27.0. The quantitative estimate of drug-likeness (QED) is 0.0311. The van der Waals surface area contributed by atoms with Gasteiger partial charge in [-0.2, -0.15) is 0 Å². The van der Waals surface area contributed by atoms with Gasteiger partial charge in [0.05, 0.1) is 28.0 Å². The normalized spacial score (nSPS) is 14.1. The molecule has 0 unspecified atom stereocenters. The van der Waals surface area contributed by atoms with Gasteiger partial charge in [-0.15, -0.1) is 0 Å². The number of halogens is 2. The predicted octanol–water partition coefficient (Wildman–Crippen LogP) is 11.8. The molecular formula is C46H61Cl2N3O4. The van der Waals surface area contributed by atoms with Crippen LogP contribution in [0.1, 0.15) is 90.0 Å². The first-order valence-electron chi connectivity index (χ1n) is 19.9. The number of unbranched alkanes of at least 4 members (excludes halogenated alkanes) is 3. The molecule has 0 spiro atoms. The van der Waals surface area contributed by atoms with Crippen LogP contribution in [-0.4, -0.2) is 63.3 Å². The first kappa shape index (κ1) is 45.4. The van der Waals surface area contributed by atoms with E-state index in [1.807, 2.05) is 55.5 Å². The number of hydrogen-bond donors (Lipinski definition) is 0. The summed E-state index contributed by atoms with van der Waals surface area (Å²) in [5, 5.41) is 1.20. The number of ether oxygens (including phenoxy) is 2. The fourth-order valence-electron chi connectivity index (χ4n) is 5.98. The van der Waals surface area contributed by atoms with Gasteiger partial charge in [0.1, 0.15) is 5.75 Å². The Labute approximate surface area is 340 Å².